The number of benzene rings is 1. The number of nitrogens with zero attached hydrogens (tertiary/aromatic N) is 4. The molecule has 8 heteroatoms. The molecule has 116 valence electrons. The van der Waals surface area contributed by atoms with Crippen LogP contribution in [0.4, 0.5) is 11.4 Å². The first-order valence-electron chi connectivity index (χ1n) is 5.54. The number of esters is 1. The molecule has 1 aromatic carbocycles. The third-order valence-corrected chi connectivity index (χ3v) is 2.45. The number of nitro benzene ring substituents is 1. The summed E-state index contributed by atoms with van der Waals surface area (Å²) in [5.74, 6) is -0.750. The van der Waals surface area contributed by atoms with Gasteiger partial charge in [-0.05, 0) is 24.9 Å². The lowest BCUT2D eigenvalue weighted by molar-refractivity contribution is -0.384. The molecule has 8 nitrogen and oxygen atoms in total. The van der Waals surface area contributed by atoms with Crippen LogP contribution in [-0.4, -0.2) is 17.0 Å². The van der Waals surface area contributed by atoms with Crippen molar-refractivity contribution in [3.8, 4) is 0 Å². The summed E-state index contributed by atoms with van der Waals surface area (Å²) in [7, 11) is 0. The highest BCUT2D eigenvalue weighted by molar-refractivity contribution is 5.95. The van der Waals surface area contributed by atoms with E-state index >= 15 is 0 Å². The zero-order valence-electron chi connectivity index (χ0n) is 10.4. The summed E-state index contributed by atoms with van der Waals surface area (Å²) in [6.07, 6.45) is 0.281. The van der Waals surface area contributed by atoms with Gasteiger partial charge in [-0.15, -0.1) is 0 Å². The molecule has 21 heavy (non-hydrogen) atoms. The average molecular weight is 296 g/mol. The summed E-state index contributed by atoms with van der Waals surface area (Å²) in [5.41, 5.74) is 8.02. The molecule has 1 aromatic rings. The zero-order chi connectivity index (χ0) is 14.4. The molecule has 0 aliphatic rings. The Kier molecular flexibility index (Phi) is 9.20. The Morgan fingerprint density at radius 1 is 1.52 bits per heavy atom. The molecule has 0 aliphatic heterocycles. The van der Waals surface area contributed by atoms with Crippen LogP contribution < -0.4 is 0 Å². The van der Waals surface area contributed by atoms with Crippen molar-refractivity contribution in [2.75, 3.05) is 0 Å². The number of ether oxygens (including phenoxy) is 1. The van der Waals surface area contributed by atoms with E-state index in [9.17, 15) is 14.9 Å². The molecule has 0 aromatic heterocycles. The van der Waals surface area contributed by atoms with Crippen molar-refractivity contribution < 1.29 is 14.5 Å². The van der Waals surface area contributed by atoms with Gasteiger partial charge in [0.25, 0.3) is 5.69 Å². The zero-order valence-corrected chi connectivity index (χ0v) is 10.4. The molecule has 0 saturated carbocycles. The third-order valence-electron chi connectivity index (χ3n) is 2.45. The minimum atomic E-state index is -0.750. The molecule has 0 bridgehead atoms. The van der Waals surface area contributed by atoms with Crippen molar-refractivity contribution in [1.29, 1.82) is 0 Å². The Hall–Kier alpha value is -2.60. The van der Waals surface area contributed by atoms with Crippen LogP contribution in [0.25, 0.3) is 10.4 Å². The molecule has 0 fully saturated rings. The van der Waals surface area contributed by atoms with Gasteiger partial charge in [0, 0.05) is 17.0 Å². The molecule has 0 spiro atoms. The molecule has 0 N–H and O–H groups in total. The normalized spacial score (nSPS) is 10.2. The third kappa shape index (κ3) is 5.50. The fourth-order valence-corrected chi connectivity index (χ4v) is 1.27. The van der Waals surface area contributed by atoms with Crippen molar-refractivity contribution >= 4 is 17.3 Å². The van der Waals surface area contributed by atoms with E-state index in [2.05, 4.69) is 10.0 Å². The second-order valence-electron chi connectivity index (χ2n) is 3.77. The van der Waals surface area contributed by atoms with E-state index < -0.39 is 10.9 Å². The van der Waals surface area contributed by atoms with Gasteiger partial charge >= 0.3 is 5.97 Å². The number of azide groups is 1. The van der Waals surface area contributed by atoms with Crippen molar-refractivity contribution in [1.82, 2.24) is 0 Å². The fraction of sp³-hybridized carbons (Fsp3) is 0.462. The number of rotatable bonds is 5. The molecular formula is C13H20N4O4. The van der Waals surface area contributed by atoms with Gasteiger partial charge in [0.15, 0.2) is 0 Å². The minimum absolute atomic E-state index is 0. The Morgan fingerprint density at radius 2 is 2.14 bits per heavy atom. The van der Waals surface area contributed by atoms with E-state index in [1.807, 2.05) is 6.92 Å². The van der Waals surface area contributed by atoms with Gasteiger partial charge in [0.1, 0.15) is 0 Å². The molecule has 1 rings (SSSR count). The van der Waals surface area contributed by atoms with Crippen LogP contribution in [0.15, 0.2) is 23.3 Å². The lowest BCUT2D eigenvalue weighted by Gasteiger charge is -2.11. The maximum absolute atomic E-state index is 11.9. The number of hydrogen-bond acceptors (Lipinski definition) is 5. The van der Waals surface area contributed by atoms with Crippen molar-refractivity contribution in [3.63, 3.8) is 0 Å². The van der Waals surface area contributed by atoms with Gasteiger partial charge in [-0.1, -0.05) is 26.9 Å². The van der Waals surface area contributed by atoms with Gasteiger partial charge in [-0.3, -0.25) is 10.1 Å². The lowest BCUT2D eigenvalue weighted by atomic mass is 10.1. The first kappa shape index (κ1) is 20.7. The predicted molar refractivity (Wildman–Crippen MR) is 80.5 cm³/mol. The Balaban J connectivity index is 0. The highest BCUT2D eigenvalue weighted by Crippen LogP contribution is 2.26. The first-order chi connectivity index (χ1) is 8.99. The van der Waals surface area contributed by atoms with Gasteiger partial charge in [-0.2, -0.15) is 0 Å². The van der Waals surface area contributed by atoms with E-state index in [0.717, 1.165) is 12.1 Å². The van der Waals surface area contributed by atoms with E-state index in [-0.39, 0.29) is 37.9 Å². The van der Waals surface area contributed by atoms with Crippen LogP contribution in [0.5, 0.6) is 0 Å². The molecule has 0 heterocycles. The number of hydrogen-bond donors (Lipinski definition) is 0. The Morgan fingerprint density at radius 3 is 2.62 bits per heavy atom. The second kappa shape index (κ2) is 9.33. The van der Waals surface area contributed by atoms with Gasteiger partial charge < -0.3 is 4.74 Å². The standard InChI is InChI=1S/C11H12N4O4.2CH4/c1-3-7(2)19-11(16)9-6-8(15(17)18)4-5-10(9)13-14-12;;/h4-7H,3H2,1-2H3;2*1H4. The molecule has 0 amide bonds. The van der Waals surface area contributed by atoms with Crippen LogP contribution in [0.2, 0.25) is 0 Å². The maximum Gasteiger partial charge on any atom is 0.339 e. The molecular weight excluding hydrogens is 276 g/mol. The van der Waals surface area contributed by atoms with Crippen LogP contribution in [0, 0.1) is 10.1 Å². The van der Waals surface area contributed by atoms with Gasteiger partial charge in [-0.25, -0.2) is 4.79 Å². The SMILES string of the molecule is C.C.CCC(C)OC(=O)c1cc([N+](=O)[O-])ccc1N=[N+]=[N-]. The van der Waals surface area contributed by atoms with Crippen LogP contribution in [0.1, 0.15) is 45.5 Å². The summed E-state index contributed by atoms with van der Waals surface area (Å²) in [6.45, 7) is 3.53. The fourth-order valence-electron chi connectivity index (χ4n) is 1.27. The van der Waals surface area contributed by atoms with E-state index in [1.54, 1.807) is 6.92 Å². The first-order valence-corrected chi connectivity index (χ1v) is 5.54. The number of carbonyl (C=O) groups excluding carboxylic acids is 1. The van der Waals surface area contributed by atoms with E-state index in [1.165, 1.54) is 6.07 Å². The highest BCUT2D eigenvalue weighted by atomic mass is 16.6. The van der Waals surface area contributed by atoms with Crippen molar-refractivity contribution in [2.24, 2.45) is 5.11 Å². The highest BCUT2D eigenvalue weighted by Gasteiger charge is 2.18. The van der Waals surface area contributed by atoms with Gasteiger partial charge in [0.05, 0.1) is 22.3 Å². The average Bonchev–Trinajstić information content (AvgIpc) is 2.38. The van der Waals surface area contributed by atoms with Crippen LogP contribution >= 0.6 is 0 Å². The van der Waals surface area contributed by atoms with E-state index in [4.69, 9.17) is 10.3 Å². The monoisotopic (exact) mass is 296 g/mol. The summed E-state index contributed by atoms with van der Waals surface area (Å²) < 4.78 is 5.06. The number of carbonyl (C=O) groups is 1. The molecule has 1 unspecified atom stereocenters. The quantitative estimate of drug-likeness (QED) is 0.194. The maximum atomic E-state index is 11.9. The molecule has 0 aliphatic carbocycles. The van der Waals surface area contributed by atoms with Gasteiger partial charge in [0.2, 0.25) is 0 Å². The second-order valence-corrected chi connectivity index (χ2v) is 3.77. The molecule has 0 radical (unpaired) electrons. The number of nitro groups is 1. The Bertz CT molecular complexity index is 553. The Labute approximate surface area is 123 Å². The summed E-state index contributed by atoms with van der Waals surface area (Å²) >= 11 is 0. The predicted octanol–water partition coefficient (Wildman–Crippen LogP) is 4.76. The van der Waals surface area contributed by atoms with Crippen LogP contribution in [0.3, 0.4) is 0 Å². The van der Waals surface area contributed by atoms with Crippen molar-refractivity contribution in [2.45, 2.75) is 41.2 Å². The summed E-state index contributed by atoms with van der Waals surface area (Å²) in [6, 6.07) is 3.41. The van der Waals surface area contributed by atoms with Crippen molar-refractivity contribution in [3.05, 3.63) is 44.3 Å². The topological polar surface area (TPSA) is 118 Å². The molecule has 1 atom stereocenters. The lowest BCUT2D eigenvalue weighted by Crippen LogP contribution is -2.14. The van der Waals surface area contributed by atoms with Crippen LogP contribution in [-0.2, 0) is 4.74 Å². The largest absolute Gasteiger partial charge is 0.459 e. The molecule has 0 saturated heterocycles. The summed E-state index contributed by atoms with van der Waals surface area (Å²) in [5, 5.41) is 14.0. The minimum Gasteiger partial charge on any atom is -0.459 e. The number of non-ortho nitro benzene ring substituents is 1. The summed E-state index contributed by atoms with van der Waals surface area (Å²) in [4.78, 5) is 24.5. The van der Waals surface area contributed by atoms with E-state index in [0.29, 0.717) is 6.42 Å². The smallest absolute Gasteiger partial charge is 0.339 e.